The number of hydrogen-bond acceptors (Lipinski definition) is 5. The Hall–Kier alpha value is -1.17. The molecule has 2 N–H and O–H groups in total. The van der Waals surface area contributed by atoms with Gasteiger partial charge in [0.05, 0.1) is 6.61 Å². The average molecular weight is 262 g/mol. The van der Waals surface area contributed by atoms with Crippen molar-refractivity contribution in [1.29, 1.82) is 0 Å². The number of nitrogens with zero attached hydrogens (tertiary/aromatic N) is 3. The minimum Gasteiger partial charge on any atom is -0.380 e. The lowest BCUT2D eigenvalue weighted by Gasteiger charge is -2.38. The third-order valence-electron chi connectivity index (χ3n) is 4.11. The van der Waals surface area contributed by atoms with Gasteiger partial charge in [0, 0.05) is 51.6 Å². The molecule has 2 fully saturated rings. The molecule has 1 unspecified atom stereocenters. The van der Waals surface area contributed by atoms with Crippen LogP contribution in [-0.4, -0.2) is 55.3 Å². The van der Waals surface area contributed by atoms with E-state index in [1.165, 1.54) is 6.42 Å². The van der Waals surface area contributed by atoms with E-state index in [1.807, 2.05) is 6.20 Å². The Morgan fingerprint density at radius 1 is 1.26 bits per heavy atom. The molecule has 0 aliphatic carbocycles. The van der Waals surface area contributed by atoms with Crippen LogP contribution in [0.5, 0.6) is 0 Å². The minimum atomic E-state index is 0.558. The lowest BCUT2D eigenvalue weighted by molar-refractivity contribution is 0.139. The summed E-state index contributed by atoms with van der Waals surface area (Å²) in [6.45, 7) is 6.69. The number of rotatable bonds is 3. The highest BCUT2D eigenvalue weighted by Crippen LogP contribution is 2.18. The van der Waals surface area contributed by atoms with Crippen LogP contribution in [-0.2, 0) is 11.3 Å². The largest absolute Gasteiger partial charge is 0.380 e. The van der Waals surface area contributed by atoms with Gasteiger partial charge in [-0.25, -0.2) is 4.98 Å². The Labute approximate surface area is 114 Å². The summed E-state index contributed by atoms with van der Waals surface area (Å²) in [5.74, 6) is 1.07. The first-order chi connectivity index (χ1) is 9.36. The molecule has 0 spiro atoms. The topological polar surface area (TPSA) is 54.6 Å². The predicted octanol–water partition coefficient (Wildman–Crippen LogP) is 0.451. The number of ether oxygens (including phenoxy) is 1. The maximum absolute atomic E-state index is 5.59. The van der Waals surface area contributed by atoms with Crippen molar-refractivity contribution in [2.75, 3.05) is 44.3 Å². The lowest BCUT2D eigenvalue weighted by Crippen LogP contribution is -2.50. The van der Waals surface area contributed by atoms with E-state index in [4.69, 9.17) is 10.5 Å². The molecule has 3 heterocycles. The first-order valence-electron chi connectivity index (χ1n) is 7.08. The van der Waals surface area contributed by atoms with E-state index in [9.17, 15) is 0 Å². The zero-order valence-electron chi connectivity index (χ0n) is 11.3. The normalized spacial score (nSPS) is 24.9. The molecule has 5 heteroatoms. The lowest BCUT2D eigenvalue weighted by atomic mass is 10.2. The van der Waals surface area contributed by atoms with Crippen LogP contribution in [0, 0.1) is 0 Å². The molecule has 3 rings (SSSR count). The second-order valence-electron chi connectivity index (χ2n) is 5.27. The van der Waals surface area contributed by atoms with Crippen LogP contribution in [0.4, 0.5) is 5.82 Å². The molecule has 19 heavy (non-hydrogen) atoms. The summed E-state index contributed by atoms with van der Waals surface area (Å²) in [7, 11) is 0. The molecule has 2 saturated heterocycles. The summed E-state index contributed by atoms with van der Waals surface area (Å²) in [5, 5.41) is 0. The fourth-order valence-corrected chi connectivity index (χ4v) is 2.85. The highest BCUT2D eigenvalue weighted by Gasteiger charge is 2.26. The van der Waals surface area contributed by atoms with Gasteiger partial charge in [-0.05, 0) is 18.1 Å². The van der Waals surface area contributed by atoms with Crippen LogP contribution in [0.1, 0.15) is 12.0 Å². The smallest absolute Gasteiger partial charge is 0.128 e. The number of hydrogen-bond donors (Lipinski definition) is 1. The van der Waals surface area contributed by atoms with Crippen LogP contribution < -0.4 is 10.6 Å². The minimum absolute atomic E-state index is 0.558. The van der Waals surface area contributed by atoms with Gasteiger partial charge in [0.1, 0.15) is 5.82 Å². The Kier molecular flexibility index (Phi) is 3.96. The quantitative estimate of drug-likeness (QED) is 0.857. The van der Waals surface area contributed by atoms with E-state index in [-0.39, 0.29) is 0 Å². The molecule has 5 nitrogen and oxygen atoms in total. The highest BCUT2D eigenvalue weighted by molar-refractivity contribution is 5.39. The van der Waals surface area contributed by atoms with Crippen molar-refractivity contribution in [3.63, 3.8) is 0 Å². The van der Waals surface area contributed by atoms with Gasteiger partial charge in [0.2, 0.25) is 0 Å². The SMILES string of the molecule is NCc1ccc(N2CCN(C3CCOC3)CC2)nc1. The van der Waals surface area contributed by atoms with Crippen molar-refractivity contribution in [1.82, 2.24) is 9.88 Å². The summed E-state index contributed by atoms with van der Waals surface area (Å²) in [5.41, 5.74) is 6.68. The molecule has 2 aliphatic heterocycles. The highest BCUT2D eigenvalue weighted by atomic mass is 16.5. The molecular formula is C14H22N4O. The zero-order chi connectivity index (χ0) is 13.1. The maximum atomic E-state index is 5.59. The van der Waals surface area contributed by atoms with Gasteiger partial charge in [0.25, 0.3) is 0 Å². The molecule has 0 saturated carbocycles. The van der Waals surface area contributed by atoms with E-state index in [2.05, 4.69) is 26.9 Å². The van der Waals surface area contributed by atoms with Crippen molar-refractivity contribution < 1.29 is 4.74 Å². The fraction of sp³-hybridized carbons (Fsp3) is 0.643. The Balaban J connectivity index is 1.56. The molecule has 1 aromatic rings. The van der Waals surface area contributed by atoms with Crippen molar-refractivity contribution in [2.45, 2.75) is 19.0 Å². The standard InChI is InChI=1S/C14H22N4O/c15-9-12-1-2-14(16-10-12)18-6-4-17(5-7-18)13-3-8-19-11-13/h1-2,10,13H,3-9,11,15H2. The Morgan fingerprint density at radius 3 is 2.68 bits per heavy atom. The molecule has 2 aliphatic rings. The molecule has 1 aromatic heterocycles. The summed E-state index contributed by atoms with van der Waals surface area (Å²) in [4.78, 5) is 9.41. The average Bonchev–Trinajstić information content (AvgIpc) is 3.02. The molecule has 0 radical (unpaired) electrons. The Morgan fingerprint density at radius 2 is 2.11 bits per heavy atom. The van der Waals surface area contributed by atoms with Crippen LogP contribution >= 0.6 is 0 Å². The number of aromatic nitrogens is 1. The van der Waals surface area contributed by atoms with Gasteiger partial charge < -0.3 is 15.4 Å². The van der Waals surface area contributed by atoms with Crippen LogP contribution in [0.25, 0.3) is 0 Å². The summed E-state index contributed by atoms with van der Waals surface area (Å²) < 4.78 is 5.47. The van der Waals surface area contributed by atoms with E-state index < -0.39 is 0 Å². The first-order valence-corrected chi connectivity index (χ1v) is 7.08. The predicted molar refractivity (Wildman–Crippen MR) is 75.1 cm³/mol. The molecule has 0 aromatic carbocycles. The van der Waals surface area contributed by atoms with E-state index >= 15 is 0 Å². The summed E-state index contributed by atoms with van der Waals surface area (Å²) >= 11 is 0. The van der Waals surface area contributed by atoms with Crippen molar-refractivity contribution in [2.24, 2.45) is 5.73 Å². The third kappa shape index (κ3) is 2.88. The fourth-order valence-electron chi connectivity index (χ4n) is 2.85. The van der Waals surface area contributed by atoms with Gasteiger partial charge in [-0.1, -0.05) is 6.07 Å². The summed E-state index contributed by atoms with van der Waals surface area (Å²) in [6.07, 6.45) is 3.07. The maximum Gasteiger partial charge on any atom is 0.128 e. The monoisotopic (exact) mass is 262 g/mol. The molecule has 104 valence electrons. The Bertz CT molecular complexity index is 394. The van der Waals surface area contributed by atoms with Gasteiger partial charge in [0.15, 0.2) is 0 Å². The first kappa shape index (κ1) is 12.8. The van der Waals surface area contributed by atoms with Crippen molar-refractivity contribution >= 4 is 5.82 Å². The molecular weight excluding hydrogens is 240 g/mol. The van der Waals surface area contributed by atoms with Crippen LogP contribution in [0.2, 0.25) is 0 Å². The molecule has 1 atom stereocenters. The summed E-state index contributed by atoms with van der Waals surface area (Å²) in [6, 6.07) is 4.78. The van der Waals surface area contributed by atoms with Gasteiger partial charge in [-0.2, -0.15) is 0 Å². The van der Waals surface area contributed by atoms with Crippen LogP contribution in [0.15, 0.2) is 18.3 Å². The van der Waals surface area contributed by atoms with Crippen molar-refractivity contribution in [3.05, 3.63) is 23.9 Å². The number of pyridine rings is 1. The number of piperazine rings is 1. The molecule has 0 amide bonds. The second-order valence-corrected chi connectivity index (χ2v) is 5.27. The van der Waals surface area contributed by atoms with Crippen molar-refractivity contribution in [3.8, 4) is 0 Å². The number of nitrogens with two attached hydrogens (primary N) is 1. The number of anilines is 1. The van der Waals surface area contributed by atoms with Gasteiger partial charge in [-0.15, -0.1) is 0 Å². The third-order valence-corrected chi connectivity index (χ3v) is 4.11. The van der Waals surface area contributed by atoms with E-state index in [0.717, 1.165) is 50.8 Å². The van der Waals surface area contributed by atoms with Crippen LogP contribution in [0.3, 0.4) is 0 Å². The van der Waals surface area contributed by atoms with Gasteiger partial charge >= 0.3 is 0 Å². The second kappa shape index (κ2) is 5.86. The van der Waals surface area contributed by atoms with Gasteiger partial charge in [-0.3, -0.25) is 4.90 Å². The molecule has 0 bridgehead atoms. The van der Waals surface area contributed by atoms with E-state index in [0.29, 0.717) is 12.6 Å². The zero-order valence-corrected chi connectivity index (χ0v) is 11.3. The van der Waals surface area contributed by atoms with E-state index in [1.54, 1.807) is 0 Å².